The second-order valence-electron chi connectivity index (χ2n) is 6.42. The zero-order valence-electron chi connectivity index (χ0n) is 13.0. The first-order valence-corrected chi connectivity index (χ1v) is 8.20. The van der Waals surface area contributed by atoms with Crippen LogP contribution in [0.3, 0.4) is 0 Å². The third-order valence-corrected chi connectivity index (χ3v) is 4.81. The Morgan fingerprint density at radius 2 is 2.14 bits per heavy atom. The fourth-order valence-corrected chi connectivity index (χ4v) is 3.84. The molecule has 1 amide bonds. The maximum atomic E-state index is 13.7. The van der Waals surface area contributed by atoms with Crippen LogP contribution in [0, 0.1) is 11.7 Å². The van der Waals surface area contributed by atoms with Gasteiger partial charge < -0.3 is 16.0 Å². The first-order valence-electron chi connectivity index (χ1n) is 8.20. The van der Waals surface area contributed by atoms with Gasteiger partial charge in [-0.1, -0.05) is 6.42 Å². The van der Waals surface area contributed by atoms with E-state index in [0.717, 1.165) is 18.7 Å². The number of nitrogens with one attached hydrogen (secondary N) is 3. The summed E-state index contributed by atoms with van der Waals surface area (Å²) in [4.78, 5) is 11.1. The van der Waals surface area contributed by atoms with Crippen LogP contribution >= 0.6 is 0 Å². The van der Waals surface area contributed by atoms with Crippen LogP contribution in [0.1, 0.15) is 39.0 Å². The normalized spacial score (nSPS) is 27.8. The molecule has 0 bridgehead atoms. The smallest absolute Gasteiger partial charge is 0.221 e. The number of carbonyl (C=O) groups is 1. The van der Waals surface area contributed by atoms with Gasteiger partial charge in [0, 0.05) is 24.7 Å². The van der Waals surface area contributed by atoms with Crippen molar-refractivity contribution in [1.29, 1.82) is 0 Å². The summed E-state index contributed by atoms with van der Waals surface area (Å²) in [6.45, 7) is 2.51. The van der Waals surface area contributed by atoms with Crippen molar-refractivity contribution >= 4 is 17.3 Å². The molecule has 1 aliphatic heterocycles. The van der Waals surface area contributed by atoms with E-state index in [1.807, 2.05) is 0 Å². The van der Waals surface area contributed by atoms with Crippen LogP contribution in [0.4, 0.5) is 15.8 Å². The first kappa shape index (κ1) is 15.3. The van der Waals surface area contributed by atoms with E-state index in [1.165, 1.54) is 38.7 Å². The highest BCUT2D eigenvalue weighted by atomic mass is 19.1. The van der Waals surface area contributed by atoms with E-state index in [4.69, 9.17) is 0 Å². The van der Waals surface area contributed by atoms with Gasteiger partial charge in [0.25, 0.3) is 0 Å². The molecule has 22 heavy (non-hydrogen) atoms. The minimum atomic E-state index is -0.402. The molecule has 3 unspecified atom stereocenters. The van der Waals surface area contributed by atoms with Crippen LogP contribution in [0.2, 0.25) is 0 Å². The topological polar surface area (TPSA) is 53.2 Å². The minimum absolute atomic E-state index is 0.242. The molecule has 1 heterocycles. The molecule has 1 aromatic rings. The summed E-state index contributed by atoms with van der Waals surface area (Å²) in [6, 6.07) is 5.87. The number of hydrogen-bond acceptors (Lipinski definition) is 3. The molecule has 1 aromatic carbocycles. The molecule has 1 saturated carbocycles. The Bertz CT molecular complexity index is 543. The van der Waals surface area contributed by atoms with E-state index >= 15 is 0 Å². The van der Waals surface area contributed by atoms with E-state index in [0.29, 0.717) is 18.0 Å². The largest absolute Gasteiger partial charge is 0.382 e. The summed E-state index contributed by atoms with van der Waals surface area (Å²) < 4.78 is 13.7. The predicted molar refractivity (Wildman–Crippen MR) is 86.5 cm³/mol. The lowest BCUT2D eigenvalue weighted by Crippen LogP contribution is -2.38. The lowest BCUT2D eigenvalue weighted by atomic mass is 9.93. The number of amides is 1. The highest BCUT2D eigenvalue weighted by Gasteiger charge is 2.34. The van der Waals surface area contributed by atoms with Crippen molar-refractivity contribution in [3.05, 3.63) is 24.0 Å². The van der Waals surface area contributed by atoms with Gasteiger partial charge in [-0.2, -0.15) is 0 Å². The third kappa shape index (κ3) is 3.40. The van der Waals surface area contributed by atoms with Gasteiger partial charge in [-0.15, -0.1) is 0 Å². The maximum absolute atomic E-state index is 13.7. The van der Waals surface area contributed by atoms with Gasteiger partial charge in [-0.25, -0.2) is 4.39 Å². The van der Waals surface area contributed by atoms with E-state index < -0.39 is 5.82 Å². The van der Waals surface area contributed by atoms with Crippen LogP contribution in [0.25, 0.3) is 0 Å². The van der Waals surface area contributed by atoms with Crippen LogP contribution in [-0.2, 0) is 4.79 Å². The van der Waals surface area contributed by atoms with Gasteiger partial charge >= 0.3 is 0 Å². The van der Waals surface area contributed by atoms with Crippen molar-refractivity contribution < 1.29 is 9.18 Å². The Labute approximate surface area is 130 Å². The molecule has 4 nitrogen and oxygen atoms in total. The second-order valence-corrected chi connectivity index (χ2v) is 6.42. The Morgan fingerprint density at radius 3 is 2.86 bits per heavy atom. The number of anilines is 2. The first-order chi connectivity index (χ1) is 10.6. The van der Waals surface area contributed by atoms with E-state index in [2.05, 4.69) is 16.0 Å². The van der Waals surface area contributed by atoms with Crippen molar-refractivity contribution in [2.75, 3.05) is 17.2 Å². The minimum Gasteiger partial charge on any atom is -0.382 e. The number of carbonyl (C=O) groups excluding carboxylic acids is 1. The predicted octanol–water partition coefficient (Wildman–Crippen LogP) is 3.12. The lowest BCUT2D eigenvalue weighted by Gasteiger charge is -2.27. The molecule has 120 valence electrons. The van der Waals surface area contributed by atoms with Crippen LogP contribution in [0.15, 0.2) is 18.2 Å². The summed E-state index contributed by atoms with van der Waals surface area (Å²) in [6.07, 6.45) is 6.14. The molecule has 1 aliphatic carbocycles. The molecular weight excluding hydrogens is 281 g/mol. The maximum Gasteiger partial charge on any atom is 0.221 e. The van der Waals surface area contributed by atoms with E-state index in [-0.39, 0.29) is 11.6 Å². The highest BCUT2D eigenvalue weighted by Crippen LogP contribution is 2.34. The summed E-state index contributed by atoms with van der Waals surface area (Å²) in [5, 5.41) is 9.69. The highest BCUT2D eigenvalue weighted by molar-refractivity contribution is 5.89. The quantitative estimate of drug-likeness (QED) is 0.801. The van der Waals surface area contributed by atoms with E-state index in [1.54, 1.807) is 12.1 Å². The van der Waals surface area contributed by atoms with Crippen LogP contribution < -0.4 is 16.0 Å². The van der Waals surface area contributed by atoms with Gasteiger partial charge in [0.2, 0.25) is 5.91 Å². The number of hydrogen-bond donors (Lipinski definition) is 3. The van der Waals surface area contributed by atoms with Crippen molar-refractivity contribution in [3.8, 4) is 0 Å². The Balaban J connectivity index is 1.70. The van der Waals surface area contributed by atoms with Gasteiger partial charge in [0.05, 0.1) is 5.69 Å². The lowest BCUT2D eigenvalue weighted by molar-refractivity contribution is -0.114. The summed E-state index contributed by atoms with van der Waals surface area (Å²) >= 11 is 0. The van der Waals surface area contributed by atoms with Gasteiger partial charge in [0.15, 0.2) is 0 Å². The molecule has 2 fully saturated rings. The zero-order valence-corrected chi connectivity index (χ0v) is 13.0. The molecule has 3 atom stereocenters. The zero-order chi connectivity index (χ0) is 15.5. The Kier molecular flexibility index (Phi) is 4.62. The number of halogens is 1. The average Bonchev–Trinajstić information content (AvgIpc) is 3.12. The molecule has 0 radical (unpaired) electrons. The van der Waals surface area contributed by atoms with Crippen molar-refractivity contribution in [2.24, 2.45) is 5.92 Å². The molecule has 2 aliphatic rings. The Hall–Kier alpha value is -1.62. The molecule has 5 heteroatoms. The molecular formula is C17H24FN3O. The second kappa shape index (κ2) is 6.65. The third-order valence-electron chi connectivity index (χ3n) is 4.81. The molecule has 1 saturated heterocycles. The van der Waals surface area contributed by atoms with Gasteiger partial charge in [0.1, 0.15) is 5.82 Å². The number of rotatable bonds is 4. The molecule has 3 rings (SSSR count). The monoisotopic (exact) mass is 305 g/mol. The summed E-state index contributed by atoms with van der Waals surface area (Å²) in [5.41, 5.74) is 1.12. The average molecular weight is 305 g/mol. The Morgan fingerprint density at radius 1 is 1.27 bits per heavy atom. The van der Waals surface area contributed by atoms with Crippen LogP contribution in [0.5, 0.6) is 0 Å². The SMILES string of the molecule is CC(=O)Nc1cc(NC2CCCC2C2CCCN2)ccc1F. The number of benzene rings is 1. The van der Waals surface area contributed by atoms with Crippen molar-refractivity contribution in [3.63, 3.8) is 0 Å². The van der Waals surface area contributed by atoms with Gasteiger partial charge in [-0.3, -0.25) is 4.79 Å². The van der Waals surface area contributed by atoms with Crippen molar-refractivity contribution in [1.82, 2.24) is 5.32 Å². The fraction of sp³-hybridized carbons (Fsp3) is 0.588. The fourth-order valence-electron chi connectivity index (χ4n) is 3.84. The summed E-state index contributed by atoms with van der Waals surface area (Å²) in [7, 11) is 0. The van der Waals surface area contributed by atoms with E-state index in [9.17, 15) is 9.18 Å². The summed E-state index contributed by atoms with van der Waals surface area (Å²) in [5.74, 6) is -0.0251. The van der Waals surface area contributed by atoms with Crippen LogP contribution in [-0.4, -0.2) is 24.5 Å². The molecule has 0 spiro atoms. The standard InChI is InChI=1S/C17H24FN3O/c1-11(22)20-17-10-12(7-8-14(17)18)21-16-5-2-4-13(16)15-6-3-9-19-15/h7-8,10,13,15-16,19,21H,2-6,9H2,1H3,(H,20,22). The molecule has 0 aromatic heterocycles. The van der Waals surface area contributed by atoms with Crippen molar-refractivity contribution in [2.45, 2.75) is 51.1 Å². The molecule has 3 N–H and O–H groups in total. The van der Waals surface area contributed by atoms with Gasteiger partial charge in [-0.05, 0) is 56.3 Å².